The zero-order chi connectivity index (χ0) is 15.9. The van der Waals surface area contributed by atoms with E-state index in [0.717, 1.165) is 56.2 Å². The number of fused-ring (bicyclic) bond motifs is 1. The number of para-hydroxylation sites is 1. The largest absolute Gasteiger partial charge is 0.494 e. The standard InChI is InChI=1S/C17H23N5O/c18-17-21-15-8-11-19-10-7-14(15)16(22-17)20-9-4-12-23-13-5-2-1-3-6-13/h1-3,5-6,19H,4,7-12H2,(H3,18,20,21,22). The first-order valence-electron chi connectivity index (χ1n) is 8.10. The Morgan fingerprint density at radius 3 is 2.83 bits per heavy atom. The highest BCUT2D eigenvalue weighted by Crippen LogP contribution is 2.20. The summed E-state index contributed by atoms with van der Waals surface area (Å²) in [6, 6.07) is 9.85. The van der Waals surface area contributed by atoms with Crippen LogP contribution in [0.25, 0.3) is 0 Å². The van der Waals surface area contributed by atoms with Gasteiger partial charge in [0.15, 0.2) is 0 Å². The molecule has 23 heavy (non-hydrogen) atoms. The summed E-state index contributed by atoms with van der Waals surface area (Å²) in [7, 11) is 0. The van der Waals surface area contributed by atoms with Gasteiger partial charge in [0.05, 0.1) is 12.3 Å². The number of nitrogen functional groups attached to an aromatic ring is 1. The maximum atomic E-state index is 5.83. The van der Waals surface area contributed by atoms with E-state index < -0.39 is 0 Å². The molecule has 0 saturated heterocycles. The number of hydrogen-bond donors (Lipinski definition) is 3. The number of ether oxygens (including phenoxy) is 1. The molecule has 1 aromatic carbocycles. The first-order valence-corrected chi connectivity index (χ1v) is 8.10. The highest BCUT2D eigenvalue weighted by molar-refractivity contribution is 5.50. The summed E-state index contributed by atoms with van der Waals surface area (Å²) in [4.78, 5) is 8.75. The summed E-state index contributed by atoms with van der Waals surface area (Å²) in [6.45, 7) is 3.35. The van der Waals surface area contributed by atoms with E-state index in [1.165, 1.54) is 5.56 Å². The Labute approximate surface area is 136 Å². The van der Waals surface area contributed by atoms with Crippen LogP contribution in [-0.2, 0) is 12.8 Å². The van der Waals surface area contributed by atoms with Crippen LogP contribution < -0.4 is 21.1 Å². The normalized spacial score (nSPS) is 13.9. The van der Waals surface area contributed by atoms with Crippen LogP contribution in [0.1, 0.15) is 17.7 Å². The maximum Gasteiger partial charge on any atom is 0.222 e. The van der Waals surface area contributed by atoms with Crippen LogP contribution in [0.2, 0.25) is 0 Å². The Hall–Kier alpha value is -2.34. The minimum absolute atomic E-state index is 0.341. The summed E-state index contributed by atoms with van der Waals surface area (Å²) in [5.74, 6) is 2.11. The average Bonchev–Trinajstić information content (AvgIpc) is 2.80. The predicted octanol–water partition coefficient (Wildman–Crippen LogP) is 1.63. The average molecular weight is 313 g/mol. The zero-order valence-electron chi connectivity index (χ0n) is 13.2. The van der Waals surface area contributed by atoms with E-state index in [9.17, 15) is 0 Å². The van der Waals surface area contributed by atoms with Crippen LogP contribution >= 0.6 is 0 Å². The summed E-state index contributed by atoms with van der Waals surface area (Å²) < 4.78 is 5.69. The number of rotatable bonds is 6. The molecule has 4 N–H and O–H groups in total. The highest BCUT2D eigenvalue weighted by Gasteiger charge is 2.15. The van der Waals surface area contributed by atoms with Crippen molar-refractivity contribution in [3.05, 3.63) is 41.6 Å². The van der Waals surface area contributed by atoms with Gasteiger partial charge >= 0.3 is 0 Å². The van der Waals surface area contributed by atoms with Crippen molar-refractivity contribution in [3.63, 3.8) is 0 Å². The summed E-state index contributed by atoms with van der Waals surface area (Å²) in [6.07, 6.45) is 2.72. The van der Waals surface area contributed by atoms with Gasteiger partial charge in [-0.3, -0.25) is 0 Å². The van der Waals surface area contributed by atoms with Crippen LogP contribution in [0.4, 0.5) is 11.8 Å². The molecule has 2 aromatic rings. The third kappa shape index (κ3) is 4.32. The van der Waals surface area contributed by atoms with E-state index in [2.05, 4.69) is 20.6 Å². The van der Waals surface area contributed by atoms with Crippen molar-refractivity contribution in [1.82, 2.24) is 15.3 Å². The molecular formula is C17H23N5O. The number of nitrogens with two attached hydrogens (primary N) is 1. The SMILES string of the molecule is Nc1nc2c(c(NCCCOc3ccccc3)n1)CCNCC2. The molecule has 2 heterocycles. The summed E-state index contributed by atoms with van der Waals surface area (Å²) >= 11 is 0. The highest BCUT2D eigenvalue weighted by atomic mass is 16.5. The molecule has 0 aliphatic carbocycles. The van der Waals surface area contributed by atoms with Crippen LogP contribution in [0.3, 0.4) is 0 Å². The van der Waals surface area contributed by atoms with E-state index in [1.54, 1.807) is 0 Å². The van der Waals surface area contributed by atoms with Gasteiger partial charge < -0.3 is 21.1 Å². The van der Waals surface area contributed by atoms with Crippen LogP contribution in [-0.4, -0.2) is 36.2 Å². The molecule has 1 aliphatic rings. The first-order chi connectivity index (χ1) is 11.3. The van der Waals surface area contributed by atoms with Crippen molar-refractivity contribution < 1.29 is 4.74 Å². The molecule has 0 saturated carbocycles. The second-order valence-electron chi connectivity index (χ2n) is 5.55. The fourth-order valence-corrected chi connectivity index (χ4v) is 2.70. The topological polar surface area (TPSA) is 85.1 Å². The van der Waals surface area contributed by atoms with Crippen molar-refractivity contribution in [2.45, 2.75) is 19.3 Å². The van der Waals surface area contributed by atoms with Gasteiger partial charge in [-0.25, -0.2) is 4.98 Å². The van der Waals surface area contributed by atoms with E-state index in [0.29, 0.717) is 12.6 Å². The zero-order valence-corrected chi connectivity index (χ0v) is 13.2. The number of anilines is 2. The number of benzene rings is 1. The van der Waals surface area contributed by atoms with Crippen LogP contribution in [0.5, 0.6) is 5.75 Å². The van der Waals surface area contributed by atoms with Crippen molar-refractivity contribution in [1.29, 1.82) is 0 Å². The monoisotopic (exact) mass is 313 g/mol. The Morgan fingerprint density at radius 2 is 1.96 bits per heavy atom. The van der Waals surface area contributed by atoms with Gasteiger partial charge in [-0.2, -0.15) is 4.98 Å². The lowest BCUT2D eigenvalue weighted by Gasteiger charge is -2.13. The van der Waals surface area contributed by atoms with Crippen LogP contribution in [0, 0.1) is 0 Å². The molecule has 0 amide bonds. The van der Waals surface area contributed by atoms with Crippen molar-refractivity contribution in [2.75, 3.05) is 37.3 Å². The first kappa shape index (κ1) is 15.6. The second kappa shape index (κ2) is 7.78. The smallest absolute Gasteiger partial charge is 0.222 e. The van der Waals surface area contributed by atoms with E-state index in [-0.39, 0.29) is 0 Å². The van der Waals surface area contributed by atoms with Crippen LogP contribution in [0.15, 0.2) is 30.3 Å². The minimum Gasteiger partial charge on any atom is -0.494 e. The molecule has 0 atom stereocenters. The Balaban J connectivity index is 1.53. The molecule has 6 heteroatoms. The predicted molar refractivity (Wildman–Crippen MR) is 91.8 cm³/mol. The van der Waals surface area contributed by atoms with E-state index in [1.807, 2.05) is 30.3 Å². The van der Waals surface area contributed by atoms with Crippen molar-refractivity contribution in [3.8, 4) is 5.75 Å². The number of hydrogen-bond acceptors (Lipinski definition) is 6. The third-order valence-electron chi connectivity index (χ3n) is 3.83. The lowest BCUT2D eigenvalue weighted by atomic mass is 10.1. The number of nitrogens with zero attached hydrogens (tertiary/aromatic N) is 2. The number of nitrogens with one attached hydrogen (secondary N) is 2. The second-order valence-corrected chi connectivity index (χ2v) is 5.55. The molecule has 6 nitrogen and oxygen atoms in total. The van der Waals surface area contributed by atoms with E-state index in [4.69, 9.17) is 10.5 Å². The van der Waals surface area contributed by atoms with Crippen molar-refractivity contribution in [2.24, 2.45) is 0 Å². The summed E-state index contributed by atoms with van der Waals surface area (Å²) in [5, 5.41) is 6.77. The molecule has 0 fully saturated rings. The lowest BCUT2D eigenvalue weighted by molar-refractivity contribution is 0.315. The molecular weight excluding hydrogens is 290 g/mol. The van der Waals surface area contributed by atoms with Gasteiger partial charge in [-0.15, -0.1) is 0 Å². The van der Waals surface area contributed by atoms with Gasteiger partial charge in [0.25, 0.3) is 0 Å². The lowest BCUT2D eigenvalue weighted by Crippen LogP contribution is -2.16. The molecule has 0 spiro atoms. The Bertz CT molecular complexity index is 632. The van der Waals surface area contributed by atoms with Gasteiger partial charge in [0, 0.05) is 25.1 Å². The Kier molecular flexibility index (Phi) is 5.26. The van der Waals surface area contributed by atoms with Crippen molar-refractivity contribution >= 4 is 11.8 Å². The fraction of sp³-hybridized carbons (Fsp3) is 0.412. The molecule has 0 radical (unpaired) electrons. The molecule has 0 unspecified atom stereocenters. The van der Waals surface area contributed by atoms with E-state index >= 15 is 0 Å². The molecule has 1 aliphatic heterocycles. The van der Waals surface area contributed by atoms with Gasteiger partial charge in [-0.1, -0.05) is 18.2 Å². The van der Waals surface area contributed by atoms with Gasteiger partial charge in [0.2, 0.25) is 5.95 Å². The maximum absolute atomic E-state index is 5.83. The van der Waals surface area contributed by atoms with Gasteiger partial charge in [-0.05, 0) is 31.5 Å². The number of aromatic nitrogens is 2. The van der Waals surface area contributed by atoms with Gasteiger partial charge in [0.1, 0.15) is 11.6 Å². The Morgan fingerprint density at radius 1 is 1.13 bits per heavy atom. The summed E-state index contributed by atoms with van der Waals surface area (Å²) in [5.41, 5.74) is 8.08. The third-order valence-corrected chi connectivity index (χ3v) is 3.83. The fourth-order valence-electron chi connectivity index (χ4n) is 2.70. The molecule has 122 valence electrons. The minimum atomic E-state index is 0.341. The molecule has 1 aromatic heterocycles. The quantitative estimate of drug-likeness (QED) is 0.703. The molecule has 3 rings (SSSR count). The molecule has 0 bridgehead atoms.